The molecule has 145 heavy (non-hydrogen) atoms. The lowest BCUT2D eigenvalue weighted by Gasteiger charge is -2.16. The largest absolute Gasteiger partial charge is 0.493 e. The highest BCUT2D eigenvalue weighted by Crippen LogP contribution is 2.45. The third-order valence-electron chi connectivity index (χ3n) is 21.9. The molecule has 1 aliphatic carbocycles. The van der Waals surface area contributed by atoms with Crippen molar-refractivity contribution in [3.8, 4) is 74.7 Å². The average Bonchev–Trinajstić information content (AvgIpc) is 1.66. The molecule has 0 bridgehead atoms. The van der Waals surface area contributed by atoms with Crippen LogP contribution in [-0.2, 0) is 87.2 Å². The second-order valence-electron chi connectivity index (χ2n) is 32.6. The first-order valence-corrected chi connectivity index (χ1v) is 47.1. The summed E-state index contributed by atoms with van der Waals surface area (Å²) in [5.74, 6) is -7.43. The Hall–Kier alpha value is -14.5. The zero-order valence-electron chi connectivity index (χ0n) is 82.8. The van der Waals surface area contributed by atoms with Gasteiger partial charge in [0.05, 0.1) is 18.8 Å². The quantitative estimate of drug-likeness (QED) is 0.0160. The summed E-state index contributed by atoms with van der Waals surface area (Å²) in [4.78, 5) is 69.4. The van der Waals surface area contributed by atoms with Crippen molar-refractivity contribution in [3.63, 3.8) is 0 Å². The molecule has 0 aliphatic heterocycles. The summed E-state index contributed by atoms with van der Waals surface area (Å²) in [6.45, 7) is 24.2. The van der Waals surface area contributed by atoms with Crippen molar-refractivity contribution in [2.45, 2.75) is 220 Å². The maximum Gasteiger partial charge on any atom is 0.310 e. The number of hydrogen-bond donors (Lipinski definition) is 2. The molecule has 0 spiro atoms. The fourth-order valence-corrected chi connectivity index (χ4v) is 13.7. The first-order valence-electron chi connectivity index (χ1n) is 46.5. The zero-order chi connectivity index (χ0) is 106. The number of ether oxygens (including phenoxy) is 13. The van der Waals surface area contributed by atoms with Crippen LogP contribution in [0.15, 0.2) is 182 Å². The predicted octanol–water partition coefficient (Wildman–Crippen LogP) is 27.1. The van der Waals surface area contributed by atoms with Gasteiger partial charge in [-0.25, -0.2) is 52.7 Å². The van der Waals surface area contributed by atoms with Crippen molar-refractivity contribution >= 4 is 48.4 Å². The highest BCUT2D eigenvalue weighted by Gasteiger charge is 2.30. The maximum atomic E-state index is 14.0. The molecule has 1 fully saturated rings. The lowest BCUT2D eigenvalue weighted by Crippen LogP contribution is -2.10. The van der Waals surface area contributed by atoms with Crippen LogP contribution >= 0.6 is 12.6 Å². The number of hydrogen-bond acceptors (Lipinski definition) is 21. The molecule has 12 aromatic rings. The smallest absolute Gasteiger partial charge is 0.310 e. The molecule has 0 heterocycles. The minimum absolute atomic E-state index is 0.0123. The summed E-state index contributed by atoms with van der Waals surface area (Å²) in [7, 11) is 0. The van der Waals surface area contributed by atoms with E-state index in [0.717, 1.165) is 108 Å². The molecular weight excluding hydrogens is 1930 g/mol. The van der Waals surface area contributed by atoms with Crippen LogP contribution in [0.2, 0.25) is 0 Å². The average molecular weight is 2040 g/mol. The van der Waals surface area contributed by atoms with Gasteiger partial charge in [-0.3, -0.25) is 28.8 Å². The van der Waals surface area contributed by atoms with Crippen molar-refractivity contribution in [2.75, 3.05) is 6.61 Å². The van der Waals surface area contributed by atoms with Gasteiger partial charge in [-0.2, -0.15) is 12.6 Å². The number of carbonyl (C=O) groups is 6. The number of halogens is 12. The normalized spacial score (nSPS) is 11.0. The molecule has 1 aliphatic rings. The van der Waals surface area contributed by atoms with Crippen LogP contribution in [0, 0.1) is 118 Å². The highest BCUT2D eigenvalue weighted by atomic mass is 32.1. The Bertz CT molecular complexity index is 6210. The first kappa shape index (κ1) is 116. The number of thiol groups is 1. The van der Waals surface area contributed by atoms with Crippen LogP contribution in [-0.4, -0.2) is 47.5 Å². The van der Waals surface area contributed by atoms with Gasteiger partial charge in [-0.15, -0.1) is 0 Å². The van der Waals surface area contributed by atoms with Crippen molar-refractivity contribution in [3.05, 3.63) is 346 Å². The van der Waals surface area contributed by atoms with Crippen molar-refractivity contribution in [2.24, 2.45) is 0 Å². The molecule has 33 heteroatoms. The van der Waals surface area contributed by atoms with E-state index in [2.05, 4.69) is 12.6 Å². The molecule has 0 saturated heterocycles. The fourth-order valence-electron chi connectivity index (χ4n) is 13.4. The zero-order valence-corrected chi connectivity index (χ0v) is 83.7. The number of esters is 6. The van der Waals surface area contributed by atoms with Crippen LogP contribution in [0.3, 0.4) is 0 Å². The number of rotatable bonds is 36. The van der Waals surface area contributed by atoms with Gasteiger partial charge < -0.3 is 66.7 Å². The van der Waals surface area contributed by atoms with Gasteiger partial charge in [-0.1, -0.05) is 115 Å². The molecular formula is C112H114F12O20S. The number of aliphatic hydroxyl groups is 1. The van der Waals surface area contributed by atoms with Crippen molar-refractivity contribution in [1.29, 1.82) is 0 Å². The van der Waals surface area contributed by atoms with Gasteiger partial charge in [0.25, 0.3) is 0 Å². The Morgan fingerprint density at radius 3 is 0.786 bits per heavy atom. The number of benzene rings is 12. The van der Waals surface area contributed by atoms with E-state index >= 15 is 0 Å². The summed E-state index contributed by atoms with van der Waals surface area (Å²) in [6.07, 6.45) is 4.17. The molecule has 0 aromatic heterocycles. The summed E-state index contributed by atoms with van der Waals surface area (Å²) >= 11 is 4.24. The topological polar surface area (TPSA) is 243 Å². The van der Waals surface area contributed by atoms with E-state index in [1.165, 1.54) is 41.5 Å². The molecule has 12 aromatic carbocycles. The molecule has 1 N–H and O–H groups in total. The summed E-state index contributed by atoms with van der Waals surface area (Å²) in [6, 6.07) is 43.5. The van der Waals surface area contributed by atoms with E-state index in [1.54, 1.807) is 126 Å². The third-order valence-corrected chi connectivity index (χ3v) is 22.3. The highest BCUT2D eigenvalue weighted by molar-refractivity contribution is 7.79. The molecule has 13 rings (SSSR count). The number of aliphatic hydroxyl groups excluding tert-OH is 1. The van der Waals surface area contributed by atoms with E-state index < -0.39 is 81.7 Å². The van der Waals surface area contributed by atoms with Gasteiger partial charge >= 0.3 is 35.8 Å². The SMILES string of the molecule is CCC(=O)Oc1cccc(C)c1COc1cc(F)c(C)cc1F.CCC(=O)Oc1cccc(C2CC2)c1COc1cc(F)c(C)cc1F.CCC(=O)Oc1cccc(CC)c1COc1cc(F)c(C)cc1F.CCC(=O)Oc1cccc(CO)c1COc1cc(F)c(C)cc1F.CCC(=O)Oc1cccc(CS)c1COc1cc(F)c(C)cc1F.CCOc1cccc(OC(=O)CC)c1COc1cc(F)c(C)cc1F. The minimum atomic E-state index is -0.692. The number of carbonyl (C=O) groups excluding carboxylic acids is 6. The Morgan fingerprint density at radius 1 is 0.262 bits per heavy atom. The maximum absolute atomic E-state index is 14.0. The van der Waals surface area contributed by atoms with Gasteiger partial charge in [0.2, 0.25) is 0 Å². The molecule has 772 valence electrons. The molecule has 0 radical (unpaired) electrons. The van der Waals surface area contributed by atoms with Crippen LogP contribution in [0.4, 0.5) is 52.7 Å². The summed E-state index contributed by atoms with van der Waals surface area (Å²) < 4.78 is 235. The lowest BCUT2D eigenvalue weighted by molar-refractivity contribution is -0.135. The second-order valence-corrected chi connectivity index (χ2v) is 32.9. The molecule has 0 amide bonds. The molecule has 0 atom stereocenters. The Balaban J connectivity index is 0.000000212. The van der Waals surface area contributed by atoms with Crippen LogP contribution in [0.25, 0.3) is 0 Å². The molecule has 1 saturated carbocycles. The third kappa shape index (κ3) is 34.4. The Morgan fingerprint density at radius 2 is 0.497 bits per heavy atom. The van der Waals surface area contributed by atoms with Gasteiger partial charge in [0.15, 0.2) is 69.4 Å². The Kier molecular flexibility index (Phi) is 45.6. The van der Waals surface area contributed by atoms with Crippen molar-refractivity contribution in [1.82, 2.24) is 0 Å². The van der Waals surface area contributed by atoms with E-state index in [-0.39, 0.29) is 188 Å². The van der Waals surface area contributed by atoms with E-state index in [0.29, 0.717) is 92.4 Å². The predicted molar refractivity (Wildman–Crippen MR) is 523 cm³/mol. The van der Waals surface area contributed by atoms with E-state index in [1.807, 2.05) is 45.0 Å². The van der Waals surface area contributed by atoms with Gasteiger partial charge in [-0.05, 0) is 221 Å². The minimum Gasteiger partial charge on any atom is -0.493 e. The first-order chi connectivity index (χ1) is 69.2. The van der Waals surface area contributed by atoms with Crippen LogP contribution in [0.5, 0.6) is 74.7 Å². The van der Waals surface area contributed by atoms with Crippen molar-refractivity contribution < 1.29 is 148 Å². The lowest BCUT2D eigenvalue weighted by atomic mass is 10.0. The van der Waals surface area contributed by atoms with E-state index in [9.17, 15) is 86.6 Å². The van der Waals surface area contributed by atoms with Crippen LogP contribution in [0.1, 0.15) is 207 Å². The summed E-state index contributed by atoms with van der Waals surface area (Å²) in [5, 5.41) is 9.44. The van der Waals surface area contributed by atoms with Gasteiger partial charge in [0, 0.05) is 108 Å². The van der Waals surface area contributed by atoms with Crippen LogP contribution < -0.4 is 61.6 Å². The number of aryl methyl sites for hydroxylation is 8. The Labute approximate surface area is 839 Å². The summed E-state index contributed by atoms with van der Waals surface area (Å²) in [5.41, 5.74) is 8.69. The fraction of sp³-hybridized carbons (Fsp3) is 0.304. The van der Waals surface area contributed by atoms with E-state index in [4.69, 9.17) is 61.6 Å². The molecule has 0 unspecified atom stereocenters. The van der Waals surface area contributed by atoms with Gasteiger partial charge in [0.1, 0.15) is 115 Å². The second kappa shape index (κ2) is 57.1. The standard InChI is InChI=1S/C20H20F2O3.C19H20F2O4.C19H20F2O3.C18H18F2O4.C18H18F2O3S.C18H18F2O3/c1-3-20(23)25-18-6-4-5-14(13-7-8-13)15(18)11-24-19-10-16(21)12(2)9-17(19)22;1-4-19(22)25-17-8-6-7-16(23-5-2)13(17)11-24-18-10-14(20)12(3)9-15(18)21;1-4-13-7-6-8-17(24-19(22)5-2)14(13)11-23-18-10-15(20)12(3)9-16(18)21;1-3-18(22)24-16-6-4-5-12(9-21)13(16)10-23-17-8-14(19)11(2)7-15(17)20;1-3-18(21)23-16-6-4-5-12(10-24)13(16)9-22-17-8-14(19)11(2)7-15(17)20;1-4-18(21)23-16-7-5-6-11(2)13(16)10-22-17-9-14(19)12(3)8-15(17)20/h4-6,9-10,13H,3,7-8,11H2,1-2H3;6-10H,4-5,11H2,1-3H3;6-10H,4-5,11H2,1-3H3;4-8,21H,3,9-10H2,1-2H3;4-8,24H,3,9-10H2,1-2H3;5-9H,4,10H2,1-3H3. The molecule has 20 nitrogen and oxygen atoms in total. The monoisotopic (exact) mass is 2040 g/mol.